The highest BCUT2D eigenvalue weighted by molar-refractivity contribution is 5.85. The predicted octanol–water partition coefficient (Wildman–Crippen LogP) is 3.56. The Bertz CT molecular complexity index is 801. The van der Waals surface area contributed by atoms with E-state index in [2.05, 4.69) is 77.6 Å². The molecule has 1 saturated heterocycles. The molecule has 1 amide bonds. The lowest BCUT2D eigenvalue weighted by molar-refractivity contribution is -0.124. The SMILES string of the molecule is CC1C(C(=O)NCC(c2ccccc2)N2CCCC2)c2ccccc2CN1C. The first kappa shape index (κ1) is 19.2. The lowest BCUT2D eigenvalue weighted by Gasteiger charge is -2.38. The fraction of sp³-hybridized carbons (Fsp3) is 0.458. The predicted molar refractivity (Wildman–Crippen MR) is 113 cm³/mol. The highest BCUT2D eigenvalue weighted by Gasteiger charge is 2.35. The van der Waals surface area contributed by atoms with Crippen molar-refractivity contribution in [3.8, 4) is 0 Å². The normalized spacial score (nSPS) is 23.9. The van der Waals surface area contributed by atoms with Crippen molar-refractivity contribution < 1.29 is 4.79 Å². The number of fused-ring (bicyclic) bond motifs is 1. The largest absolute Gasteiger partial charge is 0.354 e. The first-order valence-corrected chi connectivity index (χ1v) is 10.5. The molecule has 0 saturated carbocycles. The summed E-state index contributed by atoms with van der Waals surface area (Å²) in [5.41, 5.74) is 3.74. The van der Waals surface area contributed by atoms with Gasteiger partial charge in [-0.25, -0.2) is 0 Å². The number of carbonyl (C=O) groups is 1. The molecule has 2 aromatic rings. The maximum absolute atomic E-state index is 13.3. The van der Waals surface area contributed by atoms with Crippen LogP contribution in [-0.4, -0.2) is 48.4 Å². The van der Waals surface area contributed by atoms with Crippen molar-refractivity contribution in [2.45, 2.75) is 44.3 Å². The van der Waals surface area contributed by atoms with E-state index in [1.54, 1.807) is 0 Å². The fourth-order valence-corrected chi connectivity index (χ4v) is 4.76. The molecule has 4 heteroatoms. The van der Waals surface area contributed by atoms with Crippen molar-refractivity contribution in [1.29, 1.82) is 0 Å². The van der Waals surface area contributed by atoms with Crippen LogP contribution in [0.5, 0.6) is 0 Å². The number of likely N-dealkylation sites (tertiary alicyclic amines) is 1. The Kier molecular flexibility index (Phi) is 5.79. The van der Waals surface area contributed by atoms with Crippen LogP contribution in [0.4, 0.5) is 0 Å². The molecule has 2 aliphatic heterocycles. The molecule has 2 aliphatic rings. The van der Waals surface area contributed by atoms with Gasteiger partial charge in [0.05, 0.1) is 12.0 Å². The lowest BCUT2D eigenvalue weighted by Crippen LogP contribution is -2.47. The molecule has 0 spiro atoms. The van der Waals surface area contributed by atoms with Crippen LogP contribution in [0, 0.1) is 0 Å². The molecule has 1 fully saturated rings. The molecule has 148 valence electrons. The van der Waals surface area contributed by atoms with E-state index in [0.717, 1.165) is 19.6 Å². The standard InChI is InChI=1S/C24H31N3O/c1-18-23(21-13-7-6-12-20(21)17-26(18)2)24(28)25-16-22(27-14-8-9-15-27)19-10-4-3-5-11-19/h3-7,10-13,18,22-23H,8-9,14-17H2,1-2H3,(H,25,28). The summed E-state index contributed by atoms with van der Waals surface area (Å²) < 4.78 is 0. The van der Waals surface area contributed by atoms with E-state index in [0.29, 0.717) is 6.54 Å². The molecule has 3 unspecified atom stereocenters. The van der Waals surface area contributed by atoms with Crippen LogP contribution >= 0.6 is 0 Å². The number of amides is 1. The summed E-state index contributed by atoms with van der Waals surface area (Å²) in [5.74, 6) is 0.0246. The van der Waals surface area contributed by atoms with Gasteiger partial charge in [-0.15, -0.1) is 0 Å². The number of hydrogen-bond donors (Lipinski definition) is 1. The van der Waals surface area contributed by atoms with Gasteiger partial charge in [0.25, 0.3) is 0 Å². The zero-order chi connectivity index (χ0) is 19.5. The van der Waals surface area contributed by atoms with E-state index in [4.69, 9.17) is 0 Å². The molecule has 0 aromatic heterocycles. The van der Waals surface area contributed by atoms with Gasteiger partial charge in [-0.3, -0.25) is 14.6 Å². The number of hydrogen-bond acceptors (Lipinski definition) is 3. The van der Waals surface area contributed by atoms with Crippen LogP contribution in [0.15, 0.2) is 54.6 Å². The molecular formula is C24H31N3O. The second-order valence-corrected chi connectivity index (χ2v) is 8.25. The first-order chi connectivity index (χ1) is 13.6. The summed E-state index contributed by atoms with van der Waals surface area (Å²) in [7, 11) is 2.11. The maximum Gasteiger partial charge on any atom is 0.229 e. The first-order valence-electron chi connectivity index (χ1n) is 10.5. The highest BCUT2D eigenvalue weighted by Crippen LogP contribution is 2.33. The molecule has 28 heavy (non-hydrogen) atoms. The highest BCUT2D eigenvalue weighted by atomic mass is 16.1. The minimum atomic E-state index is -0.120. The monoisotopic (exact) mass is 377 g/mol. The third kappa shape index (κ3) is 3.85. The molecule has 0 bridgehead atoms. The van der Waals surface area contributed by atoms with Gasteiger partial charge in [-0.1, -0.05) is 54.6 Å². The minimum Gasteiger partial charge on any atom is -0.354 e. The van der Waals surface area contributed by atoms with E-state index in [1.807, 2.05) is 6.07 Å². The van der Waals surface area contributed by atoms with Gasteiger partial charge >= 0.3 is 0 Å². The summed E-state index contributed by atoms with van der Waals surface area (Å²) in [4.78, 5) is 18.1. The molecule has 4 nitrogen and oxygen atoms in total. The van der Waals surface area contributed by atoms with Crippen molar-refractivity contribution in [1.82, 2.24) is 15.1 Å². The van der Waals surface area contributed by atoms with Crippen molar-refractivity contribution in [3.05, 3.63) is 71.3 Å². The van der Waals surface area contributed by atoms with Crippen LogP contribution in [-0.2, 0) is 11.3 Å². The summed E-state index contributed by atoms with van der Waals surface area (Å²) in [5, 5.41) is 3.31. The molecule has 0 aliphatic carbocycles. The zero-order valence-corrected chi connectivity index (χ0v) is 17.0. The number of likely N-dealkylation sites (N-methyl/N-ethyl adjacent to an activating group) is 1. The average molecular weight is 378 g/mol. The smallest absolute Gasteiger partial charge is 0.229 e. The Morgan fingerprint density at radius 3 is 2.50 bits per heavy atom. The van der Waals surface area contributed by atoms with Crippen LogP contribution in [0.25, 0.3) is 0 Å². The van der Waals surface area contributed by atoms with E-state index in [1.165, 1.54) is 29.5 Å². The van der Waals surface area contributed by atoms with Crippen LogP contribution in [0.1, 0.15) is 48.4 Å². The number of benzene rings is 2. The van der Waals surface area contributed by atoms with Gasteiger partial charge in [0.1, 0.15) is 0 Å². The Hall–Kier alpha value is -2.17. The molecule has 2 heterocycles. The average Bonchev–Trinajstić information content (AvgIpc) is 3.24. The Labute approximate surface area is 168 Å². The summed E-state index contributed by atoms with van der Waals surface area (Å²) in [6.07, 6.45) is 2.49. The molecule has 2 aromatic carbocycles. The summed E-state index contributed by atoms with van der Waals surface area (Å²) >= 11 is 0. The van der Waals surface area contributed by atoms with Crippen molar-refractivity contribution in [3.63, 3.8) is 0 Å². The molecular weight excluding hydrogens is 346 g/mol. The van der Waals surface area contributed by atoms with Crippen molar-refractivity contribution in [2.24, 2.45) is 0 Å². The van der Waals surface area contributed by atoms with E-state index in [-0.39, 0.29) is 23.9 Å². The second kappa shape index (κ2) is 8.46. The summed E-state index contributed by atoms with van der Waals surface area (Å²) in [6, 6.07) is 19.4. The van der Waals surface area contributed by atoms with E-state index >= 15 is 0 Å². The van der Waals surface area contributed by atoms with Crippen molar-refractivity contribution in [2.75, 3.05) is 26.7 Å². The number of carbonyl (C=O) groups excluding carboxylic acids is 1. The van der Waals surface area contributed by atoms with Crippen LogP contribution in [0.3, 0.4) is 0 Å². The van der Waals surface area contributed by atoms with Gasteiger partial charge < -0.3 is 5.32 Å². The van der Waals surface area contributed by atoms with E-state index in [9.17, 15) is 4.79 Å². The maximum atomic E-state index is 13.3. The Morgan fingerprint density at radius 2 is 1.75 bits per heavy atom. The summed E-state index contributed by atoms with van der Waals surface area (Å²) in [6.45, 7) is 5.95. The number of rotatable bonds is 5. The van der Waals surface area contributed by atoms with E-state index < -0.39 is 0 Å². The van der Waals surface area contributed by atoms with Crippen molar-refractivity contribution >= 4 is 5.91 Å². The molecule has 4 rings (SSSR count). The number of nitrogens with zero attached hydrogens (tertiary/aromatic N) is 2. The lowest BCUT2D eigenvalue weighted by atomic mass is 9.83. The quantitative estimate of drug-likeness (QED) is 0.865. The fourth-order valence-electron chi connectivity index (χ4n) is 4.76. The van der Waals surface area contributed by atoms with Gasteiger partial charge in [-0.2, -0.15) is 0 Å². The second-order valence-electron chi connectivity index (χ2n) is 8.25. The molecule has 0 radical (unpaired) electrons. The van der Waals surface area contributed by atoms with Crippen LogP contribution < -0.4 is 5.32 Å². The Morgan fingerprint density at radius 1 is 1.07 bits per heavy atom. The van der Waals surface area contributed by atoms with Gasteiger partial charge in [0.15, 0.2) is 0 Å². The van der Waals surface area contributed by atoms with Gasteiger partial charge in [0, 0.05) is 19.1 Å². The Balaban J connectivity index is 1.52. The van der Waals surface area contributed by atoms with Gasteiger partial charge in [-0.05, 0) is 56.6 Å². The third-order valence-electron chi connectivity index (χ3n) is 6.51. The number of nitrogens with one attached hydrogen (secondary N) is 1. The third-order valence-corrected chi connectivity index (χ3v) is 6.51. The zero-order valence-electron chi connectivity index (χ0n) is 17.0. The van der Waals surface area contributed by atoms with Crippen LogP contribution in [0.2, 0.25) is 0 Å². The van der Waals surface area contributed by atoms with Gasteiger partial charge in [0.2, 0.25) is 5.91 Å². The molecule has 1 N–H and O–H groups in total. The minimum absolute atomic E-state index is 0.120. The molecule has 3 atom stereocenters. The topological polar surface area (TPSA) is 35.6 Å².